The maximum atomic E-state index is 5.62. The number of rotatable bonds is 7. The summed E-state index contributed by atoms with van der Waals surface area (Å²) in [6, 6.07) is 0.491. The largest absolute Gasteiger partial charge is 0.381 e. The Labute approximate surface area is 164 Å². The number of ether oxygens (including phenoxy) is 2. The number of nitrogens with zero attached hydrogens (tertiary/aromatic N) is 2. The molecule has 2 rings (SSSR count). The van der Waals surface area contributed by atoms with Gasteiger partial charge in [0, 0.05) is 51.8 Å². The van der Waals surface area contributed by atoms with E-state index in [-0.39, 0.29) is 24.0 Å². The summed E-state index contributed by atoms with van der Waals surface area (Å²) in [5.41, 5.74) is 0. The SMILES string of the molecule is CN=C(NCCC(C)C)NCC(C1CCOC1)N1CCOCC1.I. The van der Waals surface area contributed by atoms with Gasteiger partial charge in [0.25, 0.3) is 0 Å². The predicted octanol–water partition coefficient (Wildman–Crippen LogP) is 1.55. The fourth-order valence-corrected chi connectivity index (χ4v) is 3.26. The highest BCUT2D eigenvalue weighted by molar-refractivity contribution is 14.0. The minimum Gasteiger partial charge on any atom is -0.381 e. The zero-order valence-electron chi connectivity index (χ0n) is 15.4. The molecule has 2 N–H and O–H groups in total. The second-order valence-electron chi connectivity index (χ2n) is 6.90. The molecule has 0 aromatic rings. The first-order chi connectivity index (χ1) is 11.2. The lowest BCUT2D eigenvalue weighted by molar-refractivity contribution is 0.00246. The molecule has 0 aliphatic carbocycles. The van der Waals surface area contributed by atoms with E-state index in [9.17, 15) is 0 Å². The van der Waals surface area contributed by atoms with Crippen molar-refractivity contribution >= 4 is 29.9 Å². The molecule has 7 heteroatoms. The van der Waals surface area contributed by atoms with Crippen molar-refractivity contribution in [1.82, 2.24) is 15.5 Å². The second kappa shape index (κ2) is 12.3. The Balaban J connectivity index is 0.00000288. The van der Waals surface area contributed by atoms with E-state index in [4.69, 9.17) is 9.47 Å². The molecule has 2 saturated heterocycles. The van der Waals surface area contributed by atoms with Gasteiger partial charge in [-0.05, 0) is 18.8 Å². The molecule has 2 atom stereocenters. The lowest BCUT2D eigenvalue weighted by Crippen LogP contribution is -2.53. The van der Waals surface area contributed by atoms with Crippen molar-refractivity contribution in [2.24, 2.45) is 16.8 Å². The van der Waals surface area contributed by atoms with Gasteiger partial charge in [0.15, 0.2) is 5.96 Å². The highest BCUT2D eigenvalue weighted by Gasteiger charge is 2.31. The molecule has 24 heavy (non-hydrogen) atoms. The van der Waals surface area contributed by atoms with E-state index in [0.717, 1.165) is 71.4 Å². The summed E-state index contributed by atoms with van der Waals surface area (Å²) in [6.45, 7) is 11.8. The maximum Gasteiger partial charge on any atom is 0.191 e. The number of morpholine rings is 1. The number of guanidine groups is 1. The minimum atomic E-state index is 0. The van der Waals surface area contributed by atoms with E-state index in [2.05, 4.69) is 34.4 Å². The van der Waals surface area contributed by atoms with Crippen LogP contribution in [0.4, 0.5) is 0 Å². The van der Waals surface area contributed by atoms with Crippen LogP contribution in [0.15, 0.2) is 4.99 Å². The van der Waals surface area contributed by atoms with Crippen LogP contribution in [-0.4, -0.2) is 76.6 Å². The van der Waals surface area contributed by atoms with E-state index >= 15 is 0 Å². The first-order valence-electron chi connectivity index (χ1n) is 9.04. The Kier molecular flexibility index (Phi) is 11.2. The Morgan fingerprint density at radius 1 is 1.17 bits per heavy atom. The fraction of sp³-hybridized carbons (Fsp3) is 0.941. The Morgan fingerprint density at radius 3 is 2.50 bits per heavy atom. The molecule has 6 nitrogen and oxygen atoms in total. The highest BCUT2D eigenvalue weighted by Crippen LogP contribution is 2.21. The monoisotopic (exact) mass is 454 g/mol. The van der Waals surface area contributed by atoms with Gasteiger partial charge >= 0.3 is 0 Å². The molecule has 0 saturated carbocycles. The van der Waals surface area contributed by atoms with E-state index < -0.39 is 0 Å². The molecule has 0 aromatic carbocycles. The molecule has 0 radical (unpaired) electrons. The number of nitrogens with one attached hydrogen (secondary N) is 2. The van der Waals surface area contributed by atoms with Gasteiger partial charge in [-0.2, -0.15) is 0 Å². The van der Waals surface area contributed by atoms with Crippen LogP contribution in [0.25, 0.3) is 0 Å². The number of halogens is 1. The average molecular weight is 454 g/mol. The van der Waals surface area contributed by atoms with Crippen LogP contribution >= 0.6 is 24.0 Å². The Hall–Kier alpha value is -0.120. The normalized spacial score (nSPS) is 23.8. The highest BCUT2D eigenvalue weighted by atomic mass is 127. The van der Waals surface area contributed by atoms with Crippen LogP contribution < -0.4 is 10.6 Å². The predicted molar refractivity (Wildman–Crippen MR) is 109 cm³/mol. The van der Waals surface area contributed by atoms with Crippen molar-refractivity contribution in [3.63, 3.8) is 0 Å². The summed E-state index contributed by atoms with van der Waals surface area (Å²) >= 11 is 0. The Bertz CT molecular complexity index is 356. The van der Waals surface area contributed by atoms with Crippen molar-refractivity contribution < 1.29 is 9.47 Å². The lowest BCUT2D eigenvalue weighted by atomic mass is 9.97. The van der Waals surface area contributed by atoms with Gasteiger partial charge in [-0.3, -0.25) is 9.89 Å². The van der Waals surface area contributed by atoms with Crippen molar-refractivity contribution in [2.45, 2.75) is 32.7 Å². The molecule has 0 bridgehead atoms. The number of aliphatic imine (C=N–C) groups is 1. The molecular weight excluding hydrogens is 419 g/mol. The molecule has 142 valence electrons. The molecule has 0 amide bonds. The first-order valence-corrected chi connectivity index (χ1v) is 9.04. The van der Waals surface area contributed by atoms with Crippen molar-refractivity contribution in [1.29, 1.82) is 0 Å². The molecule has 2 aliphatic heterocycles. The third-order valence-corrected chi connectivity index (χ3v) is 4.74. The van der Waals surface area contributed by atoms with Crippen molar-refractivity contribution in [3.05, 3.63) is 0 Å². The summed E-state index contributed by atoms with van der Waals surface area (Å²) in [6.07, 6.45) is 2.31. The fourth-order valence-electron chi connectivity index (χ4n) is 3.26. The zero-order valence-corrected chi connectivity index (χ0v) is 17.8. The van der Waals surface area contributed by atoms with E-state index in [1.165, 1.54) is 0 Å². The van der Waals surface area contributed by atoms with Gasteiger partial charge in [0.05, 0.1) is 19.8 Å². The van der Waals surface area contributed by atoms with E-state index in [0.29, 0.717) is 17.9 Å². The maximum absolute atomic E-state index is 5.62. The lowest BCUT2D eigenvalue weighted by Gasteiger charge is -2.37. The summed E-state index contributed by atoms with van der Waals surface area (Å²) < 4.78 is 11.1. The second-order valence-corrected chi connectivity index (χ2v) is 6.90. The third kappa shape index (κ3) is 7.41. The third-order valence-electron chi connectivity index (χ3n) is 4.74. The van der Waals surface area contributed by atoms with Crippen LogP contribution in [-0.2, 0) is 9.47 Å². The zero-order chi connectivity index (χ0) is 16.5. The molecule has 2 unspecified atom stereocenters. The van der Waals surface area contributed by atoms with Gasteiger partial charge in [0.1, 0.15) is 0 Å². The Morgan fingerprint density at radius 2 is 1.92 bits per heavy atom. The smallest absolute Gasteiger partial charge is 0.191 e. The quantitative estimate of drug-likeness (QED) is 0.348. The van der Waals surface area contributed by atoms with Crippen LogP contribution in [0.1, 0.15) is 26.7 Å². The van der Waals surface area contributed by atoms with Crippen LogP contribution in [0.3, 0.4) is 0 Å². The summed E-state index contributed by atoms with van der Waals surface area (Å²) in [5.74, 6) is 2.22. The summed E-state index contributed by atoms with van der Waals surface area (Å²) in [7, 11) is 1.84. The van der Waals surface area contributed by atoms with Gasteiger partial charge in [-0.25, -0.2) is 0 Å². The number of hydrogen-bond donors (Lipinski definition) is 2. The van der Waals surface area contributed by atoms with Crippen LogP contribution in [0.5, 0.6) is 0 Å². The standard InChI is InChI=1S/C17H34N4O2.HI/c1-14(2)4-6-19-17(18-3)20-12-16(15-5-9-23-13-15)21-7-10-22-11-8-21;/h14-16H,4-13H2,1-3H3,(H2,18,19,20);1H. The molecular formula is C17H35IN4O2. The first kappa shape index (κ1) is 21.9. The molecule has 0 aromatic heterocycles. The number of hydrogen-bond acceptors (Lipinski definition) is 4. The van der Waals surface area contributed by atoms with E-state index in [1.807, 2.05) is 7.05 Å². The van der Waals surface area contributed by atoms with Gasteiger partial charge < -0.3 is 20.1 Å². The summed E-state index contributed by atoms with van der Waals surface area (Å²) in [5, 5.41) is 6.93. The molecule has 2 fully saturated rings. The molecule has 2 aliphatic rings. The summed E-state index contributed by atoms with van der Waals surface area (Å²) in [4.78, 5) is 6.90. The molecule has 0 spiro atoms. The van der Waals surface area contributed by atoms with Crippen LogP contribution in [0, 0.1) is 11.8 Å². The van der Waals surface area contributed by atoms with Gasteiger partial charge in [-0.1, -0.05) is 13.8 Å². The van der Waals surface area contributed by atoms with E-state index in [1.54, 1.807) is 0 Å². The topological polar surface area (TPSA) is 58.1 Å². The van der Waals surface area contributed by atoms with Crippen LogP contribution in [0.2, 0.25) is 0 Å². The average Bonchev–Trinajstić information content (AvgIpc) is 3.08. The minimum absolute atomic E-state index is 0. The molecule has 2 heterocycles. The van der Waals surface area contributed by atoms with Gasteiger partial charge in [0.2, 0.25) is 0 Å². The van der Waals surface area contributed by atoms with Crippen molar-refractivity contribution in [3.8, 4) is 0 Å². The van der Waals surface area contributed by atoms with Crippen molar-refractivity contribution in [2.75, 3.05) is 59.7 Å². The van der Waals surface area contributed by atoms with Gasteiger partial charge in [-0.15, -0.1) is 24.0 Å².